The maximum Gasteiger partial charge on any atom is 0.251 e. The van der Waals surface area contributed by atoms with E-state index in [0.717, 1.165) is 0 Å². The molecule has 5 heteroatoms. The summed E-state index contributed by atoms with van der Waals surface area (Å²) in [5.74, 6) is -0.185. The number of Topliss-reactive ketones (excluding diaryl/α,β-unsaturated/α-hetero) is 1. The smallest absolute Gasteiger partial charge is 0.251 e. The van der Waals surface area contributed by atoms with Crippen molar-refractivity contribution >= 4 is 11.7 Å². The number of phenolic OH excluding ortho intramolecular Hbond substituents is 2. The third-order valence-corrected chi connectivity index (χ3v) is 6.45. The van der Waals surface area contributed by atoms with Crippen molar-refractivity contribution in [2.45, 2.75) is 105 Å². The van der Waals surface area contributed by atoms with Gasteiger partial charge in [-0.1, -0.05) is 83.1 Å². The van der Waals surface area contributed by atoms with Crippen LogP contribution >= 0.6 is 0 Å². The average Bonchev–Trinajstić information content (AvgIpc) is 2.68. The Morgan fingerprint density at radius 3 is 1.14 bits per heavy atom. The van der Waals surface area contributed by atoms with Crippen LogP contribution in [-0.2, 0) is 21.7 Å². The highest BCUT2D eigenvalue weighted by molar-refractivity contribution is 6.02. The molecule has 5 nitrogen and oxygen atoms in total. The van der Waals surface area contributed by atoms with Gasteiger partial charge in [0.15, 0.2) is 5.78 Å². The second kappa shape index (κ2) is 9.57. The normalized spacial score (nSPS) is 13.0. The number of rotatable bonds is 4. The summed E-state index contributed by atoms with van der Waals surface area (Å²) in [6.07, 6.45) is 0. The zero-order valence-electron chi connectivity index (χ0n) is 24.2. The van der Waals surface area contributed by atoms with Crippen LogP contribution in [0.25, 0.3) is 0 Å². The highest BCUT2D eigenvalue weighted by atomic mass is 16.3. The number of phenols is 2. The Morgan fingerprint density at radius 1 is 0.583 bits per heavy atom. The van der Waals surface area contributed by atoms with Gasteiger partial charge >= 0.3 is 0 Å². The first-order chi connectivity index (χ1) is 16.0. The molecule has 3 N–H and O–H groups in total. The topological polar surface area (TPSA) is 86.6 Å². The van der Waals surface area contributed by atoms with Crippen LogP contribution in [-0.4, -0.2) is 28.4 Å². The number of hydrogen-bond acceptors (Lipinski definition) is 4. The molecule has 2 rings (SSSR count). The van der Waals surface area contributed by atoms with Gasteiger partial charge in [0.25, 0.3) is 5.91 Å². The molecule has 0 aliphatic rings. The van der Waals surface area contributed by atoms with E-state index in [1.54, 1.807) is 24.3 Å². The van der Waals surface area contributed by atoms with Gasteiger partial charge in [-0.25, -0.2) is 0 Å². The second-order valence-electron chi connectivity index (χ2n) is 13.9. The lowest BCUT2D eigenvalue weighted by atomic mass is 9.78. The van der Waals surface area contributed by atoms with Crippen LogP contribution in [0.15, 0.2) is 24.3 Å². The SMILES string of the molecule is CC(C)(C)c1cc(C(=O)CNC(=O)c2cc(C(C)(C)C)c(O)c(C(C)(C)C)c2)cc(C(C)(C)C)c1O. The Hall–Kier alpha value is -2.82. The monoisotopic (exact) mass is 495 g/mol. The highest BCUT2D eigenvalue weighted by Crippen LogP contribution is 2.41. The molecule has 1 amide bonds. The molecule has 0 saturated carbocycles. The molecule has 0 radical (unpaired) electrons. The third kappa shape index (κ3) is 6.48. The predicted molar refractivity (Wildman–Crippen MR) is 148 cm³/mol. The first-order valence-corrected chi connectivity index (χ1v) is 12.6. The molecule has 0 saturated heterocycles. The molecule has 0 aliphatic carbocycles. The fourth-order valence-electron chi connectivity index (χ4n) is 4.21. The summed E-state index contributed by atoms with van der Waals surface area (Å²) in [5, 5.41) is 24.6. The molecule has 0 bridgehead atoms. The van der Waals surface area contributed by atoms with E-state index in [9.17, 15) is 19.8 Å². The largest absolute Gasteiger partial charge is 0.507 e. The summed E-state index contributed by atoms with van der Waals surface area (Å²) in [6.45, 7) is 23.7. The number of ketones is 1. The fourth-order valence-corrected chi connectivity index (χ4v) is 4.21. The standard InChI is InChI=1S/C31H45NO4/c1-28(2,3)20-13-18(14-21(25(20)34)29(4,5)6)24(33)17-32-27(36)19-15-22(30(7,8)9)26(35)23(16-19)31(10,11)12/h13-16,34-35H,17H2,1-12H3,(H,32,36). The summed E-state index contributed by atoms with van der Waals surface area (Å²) in [5.41, 5.74) is 2.20. The minimum absolute atomic E-state index is 0.173. The summed E-state index contributed by atoms with van der Waals surface area (Å²) >= 11 is 0. The zero-order valence-corrected chi connectivity index (χ0v) is 24.2. The first-order valence-electron chi connectivity index (χ1n) is 12.6. The molecule has 36 heavy (non-hydrogen) atoms. The average molecular weight is 496 g/mol. The Bertz CT molecular complexity index is 1000. The second-order valence-corrected chi connectivity index (χ2v) is 13.9. The van der Waals surface area contributed by atoms with Crippen LogP contribution in [0.2, 0.25) is 0 Å². The zero-order chi connectivity index (χ0) is 28.0. The number of aromatic hydroxyl groups is 2. The van der Waals surface area contributed by atoms with Gasteiger partial charge in [-0.3, -0.25) is 9.59 Å². The van der Waals surface area contributed by atoms with Crippen molar-refractivity contribution in [3.8, 4) is 11.5 Å². The molecular weight excluding hydrogens is 450 g/mol. The van der Waals surface area contributed by atoms with E-state index in [4.69, 9.17) is 0 Å². The molecule has 0 unspecified atom stereocenters. The fraction of sp³-hybridized carbons (Fsp3) is 0.548. The van der Waals surface area contributed by atoms with Crippen LogP contribution < -0.4 is 5.32 Å². The molecule has 0 spiro atoms. The van der Waals surface area contributed by atoms with Crippen molar-refractivity contribution in [3.63, 3.8) is 0 Å². The Kier molecular flexibility index (Phi) is 7.82. The summed E-state index contributed by atoms with van der Waals surface area (Å²) in [7, 11) is 0. The van der Waals surface area contributed by atoms with Crippen LogP contribution in [0, 0.1) is 0 Å². The van der Waals surface area contributed by atoms with Crippen molar-refractivity contribution in [1.29, 1.82) is 0 Å². The van der Waals surface area contributed by atoms with Gasteiger partial charge in [-0.2, -0.15) is 0 Å². The van der Waals surface area contributed by atoms with Crippen LogP contribution in [0.3, 0.4) is 0 Å². The van der Waals surface area contributed by atoms with E-state index in [1.165, 1.54) is 0 Å². The minimum atomic E-state index is -0.370. The van der Waals surface area contributed by atoms with Crippen molar-refractivity contribution in [3.05, 3.63) is 57.6 Å². The van der Waals surface area contributed by atoms with Crippen molar-refractivity contribution < 1.29 is 19.8 Å². The van der Waals surface area contributed by atoms with E-state index in [-0.39, 0.29) is 51.4 Å². The third-order valence-electron chi connectivity index (χ3n) is 6.45. The molecule has 0 atom stereocenters. The maximum atomic E-state index is 13.2. The molecule has 0 aromatic heterocycles. The molecule has 0 aliphatic heterocycles. The van der Waals surface area contributed by atoms with E-state index in [2.05, 4.69) is 5.32 Å². The minimum Gasteiger partial charge on any atom is -0.507 e. The lowest BCUT2D eigenvalue weighted by Gasteiger charge is -2.28. The Labute approximate surface area is 217 Å². The van der Waals surface area contributed by atoms with E-state index >= 15 is 0 Å². The van der Waals surface area contributed by atoms with E-state index in [1.807, 2.05) is 83.1 Å². The van der Waals surface area contributed by atoms with Gasteiger partial charge in [0, 0.05) is 33.4 Å². The molecule has 2 aromatic rings. The van der Waals surface area contributed by atoms with Gasteiger partial charge in [0.05, 0.1) is 6.54 Å². The van der Waals surface area contributed by atoms with Crippen LogP contribution in [0.1, 0.15) is 126 Å². The van der Waals surface area contributed by atoms with Crippen molar-refractivity contribution in [1.82, 2.24) is 5.32 Å². The number of carbonyl (C=O) groups is 2. The van der Waals surface area contributed by atoms with Gasteiger partial charge < -0.3 is 15.5 Å². The van der Waals surface area contributed by atoms with Crippen molar-refractivity contribution in [2.75, 3.05) is 6.54 Å². The maximum absolute atomic E-state index is 13.2. The highest BCUT2D eigenvalue weighted by Gasteiger charge is 2.29. The quantitative estimate of drug-likeness (QED) is 0.403. The van der Waals surface area contributed by atoms with Gasteiger partial charge in [-0.15, -0.1) is 0 Å². The molecule has 2 aromatic carbocycles. The lowest BCUT2D eigenvalue weighted by Crippen LogP contribution is -2.31. The van der Waals surface area contributed by atoms with E-state index in [0.29, 0.717) is 33.4 Å². The molecule has 0 fully saturated rings. The van der Waals surface area contributed by atoms with Crippen LogP contribution in [0.4, 0.5) is 0 Å². The number of amides is 1. The van der Waals surface area contributed by atoms with Gasteiger partial charge in [-0.05, 0) is 45.9 Å². The summed E-state index contributed by atoms with van der Waals surface area (Å²) in [4.78, 5) is 26.4. The number of hydrogen-bond donors (Lipinski definition) is 3. The van der Waals surface area contributed by atoms with E-state index < -0.39 is 0 Å². The van der Waals surface area contributed by atoms with Crippen LogP contribution in [0.5, 0.6) is 11.5 Å². The Balaban J connectivity index is 2.44. The lowest BCUT2D eigenvalue weighted by molar-refractivity contribution is 0.0903. The number of carbonyl (C=O) groups excluding carboxylic acids is 2. The molecular formula is C31H45NO4. The van der Waals surface area contributed by atoms with Crippen molar-refractivity contribution in [2.24, 2.45) is 0 Å². The predicted octanol–water partition coefficient (Wildman–Crippen LogP) is 6.90. The first kappa shape index (κ1) is 29.4. The summed E-state index contributed by atoms with van der Waals surface area (Å²) < 4.78 is 0. The molecule has 0 heterocycles. The summed E-state index contributed by atoms with van der Waals surface area (Å²) in [6, 6.07) is 6.88. The van der Waals surface area contributed by atoms with Gasteiger partial charge in [0.1, 0.15) is 11.5 Å². The van der Waals surface area contributed by atoms with Gasteiger partial charge in [0.2, 0.25) is 0 Å². The molecule has 198 valence electrons. The number of benzene rings is 2. The number of nitrogens with one attached hydrogen (secondary N) is 1. The Morgan fingerprint density at radius 2 is 0.861 bits per heavy atom.